The van der Waals surface area contributed by atoms with Crippen LogP contribution in [0.5, 0.6) is 0 Å². The first-order valence-electron chi connectivity index (χ1n) is 7.06. The number of anilines is 1. The maximum Gasteiger partial charge on any atom is 0.142 e. The van der Waals surface area contributed by atoms with Crippen molar-refractivity contribution in [3.05, 3.63) is 59.9 Å². The van der Waals surface area contributed by atoms with Crippen molar-refractivity contribution >= 4 is 5.69 Å². The number of likely N-dealkylation sites (N-methyl/N-ethyl adjacent to an activating group) is 1. The predicted molar refractivity (Wildman–Crippen MR) is 84.3 cm³/mol. The lowest BCUT2D eigenvalue weighted by molar-refractivity contribution is 0.0324. The Morgan fingerprint density at radius 2 is 2.09 bits per heavy atom. The summed E-state index contributed by atoms with van der Waals surface area (Å²) >= 11 is 0. The van der Waals surface area contributed by atoms with Crippen LogP contribution in [-0.4, -0.2) is 36.4 Å². The van der Waals surface area contributed by atoms with Crippen LogP contribution in [0, 0.1) is 11.3 Å². The molecule has 0 fully saturated rings. The molecule has 0 unspecified atom stereocenters. The Kier molecular flexibility index (Phi) is 5.90. The highest BCUT2D eigenvalue weighted by atomic mass is 16.5. The molecule has 0 radical (unpaired) electrons. The smallest absolute Gasteiger partial charge is 0.142 e. The van der Waals surface area contributed by atoms with Gasteiger partial charge in [0, 0.05) is 25.5 Å². The largest absolute Gasteiger partial charge is 0.389 e. The summed E-state index contributed by atoms with van der Waals surface area (Å²) in [5, 5.41) is 18.9. The highest BCUT2D eigenvalue weighted by Crippen LogP contribution is 2.13. The van der Waals surface area contributed by atoms with Gasteiger partial charge in [-0.2, -0.15) is 5.26 Å². The first-order valence-corrected chi connectivity index (χ1v) is 7.06. The van der Waals surface area contributed by atoms with Gasteiger partial charge in [-0.25, -0.2) is 4.98 Å². The van der Waals surface area contributed by atoms with Crippen molar-refractivity contribution < 1.29 is 9.84 Å². The summed E-state index contributed by atoms with van der Waals surface area (Å²) in [4.78, 5) is 5.80. The number of hydrogen-bond donors (Lipinski definition) is 1. The van der Waals surface area contributed by atoms with Gasteiger partial charge < -0.3 is 14.7 Å². The molecule has 1 atom stereocenters. The summed E-state index contributed by atoms with van der Waals surface area (Å²) in [5.41, 5.74) is 2.28. The number of pyridine rings is 1. The number of hydrogen-bond acceptors (Lipinski definition) is 5. The van der Waals surface area contributed by atoms with E-state index in [1.54, 1.807) is 18.3 Å². The highest BCUT2D eigenvalue weighted by molar-refractivity contribution is 5.48. The molecule has 2 rings (SSSR count). The highest BCUT2D eigenvalue weighted by Gasteiger charge is 2.10. The molecule has 1 aromatic carbocycles. The maximum atomic E-state index is 10.0. The number of nitrogens with zero attached hydrogens (tertiary/aromatic N) is 3. The van der Waals surface area contributed by atoms with E-state index in [9.17, 15) is 5.11 Å². The summed E-state index contributed by atoms with van der Waals surface area (Å²) < 4.78 is 5.52. The number of aliphatic hydroxyl groups is 1. The zero-order chi connectivity index (χ0) is 15.8. The van der Waals surface area contributed by atoms with Crippen LogP contribution < -0.4 is 4.90 Å². The lowest BCUT2D eigenvalue weighted by Gasteiger charge is -2.22. The third-order valence-electron chi connectivity index (χ3n) is 3.21. The van der Waals surface area contributed by atoms with E-state index in [1.165, 1.54) is 0 Å². The van der Waals surface area contributed by atoms with Gasteiger partial charge in [0.05, 0.1) is 19.3 Å². The Balaban J connectivity index is 1.78. The molecule has 0 spiro atoms. The van der Waals surface area contributed by atoms with E-state index in [1.807, 2.05) is 48.3 Å². The molecule has 0 aliphatic heterocycles. The number of benzene rings is 1. The number of aromatic nitrogens is 1. The first kappa shape index (κ1) is 16.0. The van der Waals surface area contributed by atoms with Gasteiger partial charge in [0.1, 0.15) is 11.8 Å². The van der Waals surface area contributed by atoms with Gasteiger partial charge in [0.2, 0.25) is 0 Å². The molecule has 0 aliphatic carbocycles. The van der Waals surface area contributed by atoms with Gasteiger partial charge in [-0.1, -0.05) is 30.3 Å². The van der Waals surface area contributed by atoms with Crippen molar-refractivity contribution in [3.63, 3.8) is 0 Å². The summed E-state index contributed by atoms with van der Waals surface area (Å²) in [6.45, 7) is 1.16. The zero-order valence-corrected chi connectivity index (χ0v) is 12.5. The quantitative estimate of drug-likeness (QED) is 0.846. The molecule has 1 N–H and O–H groups in total. The van der Waals surface area contributed by atoms with Crippen molar-refractivity contribution in [2.45, 2.75) is 12.7 Å². The maximum absolute atomic E-state index is 10.0. The Bertz CT molecular complexity index is 625. The van der Waals surface area contributed by atoms with Crippen LogP contribution >= 0.6 is 0 Å². The molecule has 0 amide bonds. The van der Waals surface area contributed by atoms with Crippen LogP contribution in [0.15, 0.2) is 48.7 Å². The Morgan fingerprint density at radius 3 is 2.82 bits per heavy atom. The molecule has 1 heterocycles. The van der Waals surface area contributed by atoms with Crippen molar-refractivity contribution in [2.24, 2.45) is 0 Å². The SMILES string of the molecule is CN(C[C@H](O)COCc1ccccc1)c1ccnc(C#N)c1. The molecule has 2 aromatic rings. The van der Waals surface area contributed by atoms with Gasteiger partial charge in [0.15, 0.2) is 0 Å². The standard InChI is InChI=1S/C17H19N3O2/c1-20(16-7-8-19-15(9-16)10-18)11-17(21)13-22-12-14-5-3-2-4-6-14/h2-9,17,21H,11-13H2,1H3/t17-/m0/s1. The number of rotatable bonds is 7. The minimum absolute atomic E-state index is 0.259. The minimum atomic E-state index is -0.604. The van der Waals surface area contributed by atoms with E-state index in [2.05, 4.69) is 4.98 Å². The van der Waals surface area contributed by atoms with Crippen LogP contribution in [0.3, 0.4) is 0 Å². The fourth-order valence-corrected chi connectivity index (χ4v) is 2.08. The normalized spacial score (nSPS) is 11.7. The van der Waals surface area contributed by atoms with Gasteiger partial charge in [-0.05, 0) is 17.7 Å². The predicted octanol–water partition coefficient (Wildman–Crippen LogP) is 1.97. The number of nitriles is 1. The first-order chi connectivity index (χ1) is 10.7. The average molecular weight is 297 g/mol. The molecule has 5 heteroatoms. The van der Waals surface area contributed by atoms with Crippen LogP contribution in [-0.2, 0) is 11.3 Å². The average Bonchev–Trinajstić information content (AvgIpc) is 2.56. The van der Waals surface area contributed by atoms with Gasteiger partial charge in [-0.3, -0.25) is 0 Å². The van der Waals surface area contributed by atoms with E-state index in [0.29, 0.717) is 18.8 Å². The second-order valence-electron chi connectivity index (χ2n) is 5.05. The molecular weight excluding hydrogens is 278 g/mol. The topological polar surface area (TPSA) is 69.4 Å². The van der Waals surface area contributed by atoms with Crippen LogP contribution in [0.4, 0.5) is 5.69 Å². The molecule has 0 saturated heterocycles. The van der Waals surface area contributed by atoms with Crippen molar-refractivity contribution in [1.29, 1.82) is 5.26 Å². The molecule has 0 saturated carbocycles. The van der Waals surface area contributed by atoms with E-state index < -0.39 is 6.10 Å². The molecule has 0 aliphatic rings. The monoisotopic (exact) mass is 297 g/mol. The summed E-state index contributed by atoms with van der Waals surface area (Å²) in [5.74, 6) is 0. The Hall–Kier alpha value is -2.42. The van der Waals surface area contributed by atoms with Crippen molar-refractivity contribution in [1.82, 2.24) is 4.98 Å². The Labute approximate surface area is 130 Å². The molecular formula is C17H19N3O2. The van der Waals surface area contributed by atoms with Crippen molar-refractivity contribution in [2.75, 3.05) is 25.1 Å². The second-order valence-corrected chi connectivity index (χ2v) is 5.05. The fraction of sp³-hybridized carbons (Fsp3) is 0.294. The van der Waals surface area contributed by atoms with E-state index >= 15 is 0 Å². The van der Waals surface area contributed by atoms with Gasteiger partial charge >= 0.3 is 0 Å². The molecule has 114 valence electrons. The van der Waals surface area contributed by atoms with E-state index in [-0.39, 0.29) is 6.61 Å². The molecule has 22 heavy (non-hydrogen) atoms. The van der Waals surface area contributed by atoms with Crippen molar-refractivity contribution in [3.8, 4) is 6.07 Å². The summed E-state index contributed by atoms with van der Waals surface area (Å²) in [7, 11) is 1.86. The van der Waals surface area contributed by atoms with Crippen LogP contribution in [0.2, 0.25) is 0 Å². The van der Waals surface area contributed by atoms with Gasteiger partial charge in [0.25, 0.3) is 0 Å². The number of ether oxygens (including phenoxy) is 1. The second kappa shape index (κ2) is 8.13. The summed E-state index contributed by atoms with van der Waals surface area (Å²) in [6.07, 6.45) is 0.982. The lowest BCUT2D eigenvalue weighted by atomic mass is 10.2. The third-order valence-corrected chi connectivity index (χ3v) is 3.21. The minimum Gasteiger partial charge on any atom is -0.389 e. The third kappa shape index (κ3) is 4.85. The van der Waals surface area contributed by atoms with E-state index in [0.717, 1.165) is 11.3 Å². The summed E-state index contributed by atoms with van der Waals surface area (Å²) in [6, 6.07) is 15.3. The van der Waals surface area contributed by atoms with Crippen LogP contribution in [0.1, 0.15) is 11.3 Å². The molecule has 1 aromatic heterocycles. The molecule has 5 nitrogen and oxygen atoms in total. The number of aliphatic hydroxyl groups excluding tert-OH is 1. The van der Waals surface area contributed by atoms with Crippen LogP contribution in [0.25, 0.3) is 0 Å². The lowest BCUT2D eigenvalue weighted by Crippen LogP contribution is -2.32. The fourth-order valence-electron chi connectivity index (χ4n) is 2.08. The molecule has 0 bridgehead atoms. The van der Waals surface area contributed by atoms with Gasteiger partial charge in [-0.15, -0.1) is 0 Å². The zero-order valence-electron chi connectivity index (χ0n) is 12.5. The van der Waals surface area contributed by atoms with E-state index in [4.69, 9.17) is 10.00 Å². The Morgan fingerprint density at radius 1 is 1.32 bits per heavy atom.